The molecule has 2 amide bonds. The predicted octanol–water partition coefficient (Wildman–Crippen LogP) is 5.29. The van der Waals surface area contributed by atoms with Crippen LogP contribution in [0.25, 0.3) is 0 Å². The van der Waals surface area contributed by atoms with Crippen LogP contribution in [-0.4, -0.2) is 49.1 Å². The van der Waals surface area contributed by atoms with Gasteiger partial charge >= 0.3 is 0 Å². The molecule has 7 nitrogen and oxygen atoms in total. The van der Waals surface area contributed by atoms with E-state index in [9.17, 15) is 9.59 Å². The lowest BCUT2D eigenvalue weighted by atomic mass is 9.95. The van der Waals surface area contributed by atoms with E-state index in [1.165, 1.54) is 6.42 Å². The van der Waals surface area contributed by atoms with Crippen LogP contribution in [0.4, 0.5) is 0 Å². The molecule has 0 spiro atoms. The highest BCUT2D eigenvalue weighted by Gasteiger charge is 2.28. The number of ether oxygens (including phenoxy) is 3. The highest BCUT2D eigenvalue weighted by Crippen LogP contribution is 2.29. The Hall–Kier alpha value is -3.22. The maximum Gasteiger partial charge on any atom is 0.242 e. The van der Waals surface area contributed by atoms with Crippen LogP contribution in [0.1, 0.15) is 70.4 Å². The van der Waals surface area contributed by atoms with Gasteiger partial charge in [0.1, 0.15) is 11.8 Å². The van der Waals surface area contributed by atoms with E-state index in [2.05, 4.69) is 5.32 Å². The van der Waals surface area contributed by atoms with Gasteiger partial charge in [0.25, 0.3) is 0 Å². The van der Waals surface area contributed by atoms with Crippen molar-refractivity contribution in [2.24, 2.45) is 0 Å². The Labute approximate surface area is 221 Å². The van der Waals surface area contributed by atoms with Crippen LogP contribution in [0.5, 0.6) is 17.2 Å². The van der Waals surface area contributed by atoms with Crippen molar-refractivity contribution in [1.29, 1.82) is 0 Å². The predicted molar refractivity (Wildman–Crippen MR) is 145 cm³/mol. The molecule has 202 valence electrons. The number of hydrogen-bond acceptors (Lipinski definition) is 5. The summed E-state index contributed by atoms with van der Waals surface area (Å²) in [6, 6.07) is 13.0. The number of nitrogens with zero attached hydrogens (tertiary/aromatic N) is 1. The minimum absolute atomic E-state index is 0.0612. The van der Waals surface area contributed by atoms with E-state index >= 15 is 0 Å². The minimum atomic E-state index is -0.573. The first-order chi connectivity index (χ1) is 17.9. The zero-order valence-electron chi connectivity index (χ0n) is 22.8. The van der Waals surface area contributed by atoms with Crippen molar-refractivity contribution in [2.75, 3.05) is 20.3 Å². The summed E-state index contributed by atoms with van der Waals surface area (Å²) in [5, 5.41) is 3.19. The van der Waals surface area contributed by atoms with E-state index in [-0.39, 0.29) is 24.3 Å². The fourth-order valence-electron chi connectivity index (χ4n) is 4.72. The first kappa shape index (κ1) is 28.4. The average molecular weight is 511 g/mol. The van der Waals surface area contributed by atoms with Crippen molar-refractivity contribution < 1.29 is 23.8 Å². The minimum Gasteiger partial charge on any atom is -0.497 e. The fraction of sp³-hybridized carbons (Fsp3) is 0.533. The number of hydrogen-bond donors (Lipinski definition) is 1. The lowest BCUT2D eigenvalue weighted by Crippen LogP contribution is -2.50. The highest BCUT2D eigenvalue weighted by atomic mass is 16.5. The van der Waals surface area contributed by atoms with E-state index in [1.807, 2.05) is 63.2 Å². The van der Waals surface area contributed by atoms with Crippen LogP contribution < -0.4 is 19.5 Å². The molecule has 0 saturated heterocycles. The van der Waals surface area contributed by atoms with E-state index in [4.69, 9.17) is 14.2 Å². The second kappa shape index (κ2) is 14.5. The third kappa shape index (κ3) is 8.41. The summed E-state index contributed by atoms with van der Waals surface area (Å²) in [4.78, 5) is 28.4. The van der Waals surface area contributed by atoms with Gasteiger partial charge in [-0.2, -0.15) is 0 Å². The third-order valence-corrected chi connectivity index (χ3v) is 6.87. The standard InChI is InChI=1S/C30H42N2O5/c1-5-36-27-18-14-23(20-28(27)37-6-2)15-19-29(33)32(21-24-12-16-26(35-4)17-13-24)22(3)30(34)31-25-10-8-7-9-11-25/h12-14,16-18,20,22,25H,5-11,15,19,21H2,1-4H3,(H,31,34)/t22-/m0/s1. The van der Waals surface area contributed by atoms with Crippen molar-refractivity contribution in [3.05, 3.63) is 53.6 Å². The molecule has 0 aliphatic heterocycles. The molecule has 1 aliphatic carbocycles. The van der Waals surface area contributed by atoms with Gasteiger partial charge in [0, 0.05) is 19.0 Å². The average Bonchev–Trinajstić information content (AvgIpc) is 2.92. The molecule has 2 aromatic rings. The van der Waals surface area contributed by atoms with E-state index in [1.54, 1.807) is 12.0 Å². The quantitative estimate of drug-likeness (QED) is 0.396. The van der Waals surface area contributed by atoms with Gasteiger partial charge in [-0.05, 0) is 75.4 Å². The molecule has 1 aliphatic rings. The van der Waals surface area contributed by atoms with Crippen molar-refractivity contribution in [3.63, 3.8) is 0 Å². The summed E-state index contributed by atoms with van der Waals surface area (Å²) < 4.78 is 16.7. The molecular weight excluding hydrogens is 468 g/mol. The van der Waals surface area contributed by atoms with Crippen LogP contribution in [-0.2, 0) is 22.6 Å². The number of benzene rings is 2. The Morgan fingerprint density at radius 2 is 1.59 bits per heavy atom. The topological polar surface area (TPSA) is 77.1 Å². The first-order valence-corrected chi connectivity index (χ1v) is 13.6. The summed E-state index contributed by atoms with van der Waals surface area (Å²) in [5.41, 5.74) is 1.94. The van der Waals surface area contributed by atoms with Crippen LogP contribution in [0.2, 0.25) is 0 Å². The molecule has 37 heavy (non-hydrogen) atoms. The highest BCUT2D eigenvalue weighted by molar-refractivity contribution is 5.87. The number of aryl methyl sites for hydroxylation is 1. The Morgan fingerprint density at radius 3 is 2.24 bits per heavy atom. The van der Waals surface area contributed by atoms with Crippen molar-refractivity contribution >= 4 is 11.8 Å². The number of rotatable bonds is 13. The Kier molecular flexibility index (Phi) is 11.1. The molecule has 0 unspecified atom stereocenters. The number of methoxy groups -OCH3 is 1. The molecule has 1 fully saturated rings. The zero-order chi connectivity index (χ0) is 26.6. The van der Waals surface area contributed by atoms with Crippen molar-refractivity contribution in [1.82, 2.24) is 10.2 Å². The second-order valence-corrected chi connectivity index (χ2v) is 9.54. The Balaban J connectivity index is 1.72. The molecule has 0 aromatic heterocycles. The van der Waals surface area contributed by atoms with Gasteiger partial charge in [0.15, 0.2) is 11.5 Å². The van der Waals surface area contributed by atoms with Gasteiger partial charge in [-0.15, -0.1) is 0 Å². The normalized spacial score (nSPS) is 14.5. The van der Waals surface area contributed by atoms with Crippen LogP contribution >= 0.6 is 0 Å². The number of carbonyl (C=O) groups excluding carboxylic acids is 2. The molecule has 1 saturated carbocycles. The summed E-state index contributed by atoms with van der Waals surface area (Å²) in [6.07, 6.45) is 6.34. The molecule has 0 bridgehead atoms. The van der Waals surface area contributed by atoms with Gasteiger partial charge in [-0.25, -0.2) is 0 Å². The maximum atomic E-state index is 13.5. The monoisotopic (exact) mass is 510 g/mol. The summed E-state index contributed by atoms with van der Waals surface area (Å²) in [6.45, 7) is 7.14. The first-order valence-electron chi connectivity index (χ1n) is 13.6. The smallest absolute Gasteiger partial charge is 0.242 e. The molecule has 0 heterocycles. The molecule has 1 atom stereocenters. The summed E-state index contributed by atoms with van der Waals surface area (Å²) in [5.74, 6) is 1.99. The van der Waals surface area contributed by atoms with E-state index in [0.29, 0.717) is 37.7 Å². The second-order valence-electron chi connectivity index (χ2n) is 9.54. The number of amides is 2. The largest absolute Gasteiger partial charge is 0.497 e. The fourth-order valence-corrected chi connectivity index (χ4v) is 4.72. The van der Waals surface area contributed by atoms with Gasteiger partial charge in [-0.1, -0.05) is 37.5 Å². The molecular formula is C30H42N2O5. The Bertz CT molecular complexity index is 1000. The van der Waals surface area contributed by atoms with Gasteiger partial charge < -0.3 is 24.4 Å². The van der Waals surface area contributed by atoms with Gasteiger partial charge in [-0.3, -0.25) is 9.59 Å². The zero-order valence-corrected chi connectivity index (χ0v) is 22.8. The SMILES string of the molecule is CCOc1ccc(CCC(=O)N(Cc2ccc(OC)cc2)[C@@H](C)C(=O)NC2CCCCC2)cc1OCC. The third-order valence-electron chi connectivity index (χ3n) is 6.87. The molecule has 7 heteroatoms. The molecule has 3 rings (SSSR count). The van der Waals surface area contributed by atoms with Gasteiger partial charge in [0.2, 0.25) is 11.8 Å². The summed E-state index contributed by atoms with van der Waals surface area (Å²) in [7, 11) is 1.63. The van der Waals surface area contributed by atoms with Crippen molar-refractivity contribution in [2.45, 2.75) is 84.3 Å². The number of nitrogens with one attached hydrogen (secondary N) is 1. The van der Waals surface area contributed by atoms with Crippen molar-refractivity contribution in [3.8, 4) is 17.2 Å². The van der Waals surface area contributed by atoms with E-state index < -0.39 is 6.04 Å². The lowest BCUT2D eigenvalue weighted by molar-refractivity contribution is -0.141. The van der Waals surface area contributed by atoms with Crippen LogP contribution in [0.15, 0.2) is 42.5 Å². The lowest BCUT2D eigenvalue weighted by Gasteiger charge is -2.31. The van der Waals surface area contributed by atoms with Crippen LogP contribution in [0.3, 0.4) is 0 Å². The molecule has 1 N–H and O–H groups in total. The Morgan fingerprint density at radius 1 is 0.946 bits per heavy atom. The maximum absolute atomic E-state index is 13.5. The van der Waals surface area contributed by atoms with Gasteiger partial charge in [0.05, 0.1) is 20.3 Å². The molecule has 0 radical (unpaired) electrons. The molecule has 2 aromatic carbocycles. The number of carbonyl (C=O) groups is 2. The van der Waals surface area contributed by atoms with Crippen LogP contribution in [0, 0.1) is 0 Å². The van der Waals surface area contributed by atoms with E-state index in [0.717, 1.165) is 42.6 Å². The summed E-state index contributed by atoms with van der Waals surface area (Å²) >= 11 is 0.